The number of hydrogen-bond acceptors (Lipinski definition) is 4. The normalized spacial score (nSPS) is 16.7. The van der Waals surface area contributed by atoms with Crippen molar-refractivity contribution in [3.63, 3.8) is 0 Å². The van der Waals surface area contributed by atoms with Gasteiger partial charge < -0.3 is 15.0 Å². The third kappa shape index (κ3) is 4.76. The van der Waals surface area contributed by atoms with Crippen LogP contribution in [0.1, 0.15) is 23.5 Å². The number of ether oxygens (including phenoxy) is 1. The van der Waals surface area contributed by atoms with Crippen molar-refractivity contribution < 1.29 is 9.13 Å². The lowest BCUT2D eigenvalue weighted by atomic mass is 10.0. The molecule has 1 atom stereocenters. The van der Waals surface area contributed by atoms with Crippen molar-refractivity contribution in [2.24, 2.45) is 12.0 Å². The molecule has 0 aliphatic carbocycles. The summed E-state index contributed by atoms with van der Waals surface area (Å²) in [6, 6.07) is 9.62. The third-order valence-corrected chi connectivity index (χ3v) is 5.18. The second kappa shape index (κ2) is 8.94. The molecule has 156 valence electrons. The van der Waals surface area contributed by atoms with Crippen LogP contribution in [-0.4, -0.2) is 45.8 Å². The van der Waals surface area contributed by atoms with E-state index in [2.05, 4.69) is 31.5 Å². The lowest BCUT2D eigenvalue weighted by Crippen LogP contribution is -2.39. The molecule has 1 aliphatic rings. The number of nitrogens with zero attached hydrogens (tertiary/aromatic N) is 5. The minimum Gasteiger partial charge on any atom is -0.439 e. The number of halogens is 1. The summed E-state index contributed by atoms with van der Waals surface area (Å²) in [5.41, 5.74) is 2.29. The van der Waals surface area contributed by atoms with Gasteiger partial charge in [-0.05, 0) is 41.8 Å². The summed E-state index contributed by atoms with van der Waals surface area (Å²) in [6.45, 7) is 2.50. The summed E-state index contributed by atoms with van der Waals surface area (Å²) in [7, 11) is 3.75. The lowest BCUT2D eigenvalue weighted by molar-refractivity contribution is 0.460. The molecule has 1 saturated heterocycles. The van der Waals surface area contributed by atoms with E-state index >= 15 is 0 Å². The van der Waals surface area contributed by atoms with E-state index in [9.17, 15) is 4.39 Å². The molecule has 0 saturated carbocycles. The number of guanidine groups is 1. The van der Waals surface area contributed by atoms with E-state index in [0.717, 1.165) is 31.0 Å². The van der Waals surface area contributed by atoms with E-state index in [-0.39, 0.29) is 5.82 Å². The zero-order valence-corrected chi connectivity index (χ0v) is 17.1. The summed E-state index contributed by atoms with van der Waals surface area (Å²) >= 11 is 0. The highest BCUT2D eigenvalue weighted by Gasteiger charge is 2.26. The number of rotatable bonds is 5. The van der Waals surface area contributed by atoms with Gasteiger partial charge in [-0.1, -0.05) is 6.07 Å². The van der Waals surface area contributed by atoms with Crippen LogP contribution in [0.3, 0.4) is 0 Å². The van der Waals surface area contributed by atoms with E-state index in [0.29, 0.717) is 24.1 Å². The first-order valence-electron chi connectivity index (χ1n) is 9.93. The van der Waals surface area contributed by atoms with E-state index in [4.69, 9.17) is 4.74 Å². The Hall–Kier alpha value is -3.42. The predicted octanol–water partition coefficient (Wildman–Crippen LogP) is 3.31. The van der Waals surface area contributed by atoms with E-state index in [1.54, 1.807) is 31.4 Å². The van der Waals surface area contributed by atoms with Gasteiger partial charge in [-0.15, -0.1) is 0 Å². The SMILES string of the molecule is CN=C(NCc1ccc(Oc2ccc(F)cc2)nc1)N1CCC(c2cnn(C)c2)C1. The molecule has 3 aromatic rings. The van der Waals surface area contributed by atoms with Crippen LogP contribution >= 0.6 is 0 Å². The van der Waals surface area contributed by atoms with Crippen molar-refractivity contribution in [2.45, 2.75) is 18.9 Å². The largest absolute Gasteiger partial charge is 0.439 e. The number of nitrogens with one attached hydrogen (secondary N) is 1. The van der Waals surface area contributed by atoms with Crippen molar-refractivity contribution in [3.05, 3.63) is 71.9 Å². The number of hydrogen-bond donors (Lipinski definition) is 1. The molecular formula is C22H25FN6O. The lowest BCUT2D eigenvalue weighted by Gasteiger charge is -2.21. The molecule has 1 aliphatic heterocycles. The van der Waals surface area contributed by atoms with Gasteiger partial charge in [-0.25, -0.2) is 9.37 Å². The van der Waals surface area contributed by atoms with Gasteiger partial charge in [0.15, 0.2) is 5.96 Å². The molecule has 1 aromatic carbocycles. The fourth-order valence-electron chi connectivity index (χ4n) is 3.59. The van der Waals surface area contributed by atoms with Crippen molar-refractivity contribution >= 4 is 5.96 Å². The Balaban J connectivity index is 1.30. The van der Waals surface area contributed by atoms with Gasteiger partial charge in [0, 0.05) is 58.1 Å². The Bertz CT molecular complexity index is 999. The average molecular weight is 408 g/mol. The first-order valence-corrected chi connectivity index (χ1v) is 9.93. The Morgan fingerprint density at radius 2 is 2.07 bits per heavy atom. The quantitative estimate of drug-likeness (QED) is 0.518. The summed E-state index contributed by atoms with van der Waals surface area (Å²) in [4.78, 5) is 11.0. The van der Waals surface area contributed by atoms with Gasteiger partial charge in [-0.3, -0.25) is 9.67 Å². The maximum absolute atomic E-state index is 13.0. The summed E-state index contributed by atoms with van der Waals surface area (Å²) in [6.07, 6.45) is 6.89. The van der Waals surface area contributed by atoms with Gasteiger partial charge in [0.05, 0.1) is 6.20 Å². The molecular weight excluding hydrogens is 383 g/mol. The molecule has 1 fully saturated rings. The highest BCUT2D eigenvalue weighted by atomic mass is 19.1. The summed E-state index contributed by atoms with van der Waals surface area (Å²) in [5, 5.41) is 7.70. The number of pyridine rings is 1. The van der Waals surface area contributed by atoms with Crippen molar-refractivity contribution in [1.29, 1.82) is 0 Å². The molecule has 2 aromatic heterocycles. The van der Waals surface area contributed by atoms with Crippen LogP contribution in [0, 0.1) is 5.82 Å². The fourth-order valence-corrected chi connectivity index (χ4v) is 3.59. The smallest absolute Gasteiger partial charge is 0.219 e. The molecule has 1 unspecified atom stereocenters. The van der Waals surface area contributed by atoms with Crippen LogP contribution < -0.4 is 10.1 Å². The van der Waals surface area contributed by atoms with Gasteiger partial charge in [0.2, 0.25) is 5.88 Å². The Morgan fingerprint density at radius 1 is 1.23 bits per heavy atom. The summed E-state index contributed by atoms with van der Waals surface area (Å²) in [5.74, 6) is 2.07. The second-order valence-electron chi connectivity index (χ2n) is 7.34. The minimum absolute atomic E-state index is 0.296. The third-order valence-electron chi connectivity index (χ3n) is 5.18. The van der Waals surface area contributed by atoms with Crippen LogP contribution in [0.5, 0.6) is 11.6 Å². The Labute approximate surface area is 175 Å². The molecule has 8 heteroatoms. The maximum atomic E-state index is 13.0. The molecule has 0 spiro atoms. The molecule has 0 bridgehead atoms. The van der Waals surface area contributed by atoms with Gasteiger partial charge in [0.1, 0.15) is 11.6 Å². The number of aromatic nitrogens is 3. The molecule has 30 heavy (non-hydrogen) atoms. The highest BCUT2D eigenvalue weighted by Crippen LogP contribution is 2.26. The van der Waals surface area contributed by atoms with Crippen LogP contribution in [0.25, 0.3) is 0 Å². The van der Waals surface area contributed by atoms with Crippen LogP contribution in [0.2, 0.25) is 0 Å². The van der Waals surface area contributed by atoms with Crippen LogP contribution in [0.15, 0.2) is 60.0 Å². The van der Waals surface area contributed by atoms with Gasteiger partial charge in [0.25, 0.3) is 0 Å². The van der Waals surface area contributed by atoms with Crippen LogP contribution in [0.4, 0.5) is 4.39 Å². The second-order valence-corrected chi connectivity index (χ2v) is 7.34. The van der Waals surface area contributed by atoms with Crippen LogP contribution in [-0.2, 0) is 13.6 Å². The standard InChI is InChI=1S/C22H25FN6O/c1-24-22(29-10-9-17(15-29)18-13-27-28(2)14-18)26-12-16-3-8-21(25-11-16)30-20-6-4-19(23)5-7-20/h3-8,11,13-14,17H,9-10,12,15H2,1-2H3,(H,24,26). The number of aliphatic imine (C=N–C) groups is 1. The predicted molar refractivity (Wildman–Crippen MR) is 113 cm³/mol. The van der Waals surface area contributed by atoms with Gasteiger partial charge >= 0.3 is 0 Å². The Kier molecular flexibility index (Phi) is 5.92. The number of aryl methyl sites for hydroxylation is 1. The molecule has 1 N–H and O–H groups in total. The Morgan fingerprint density at radius 3 is 2.73 bits per heavy atom. The monoisotopic (exact) mass is 408 g/mol. The fraction of sp³-hybridized carbons (Fsp3) is 0.318. The zero-order chi connectivity index (χ0) is 20.9. The number of benzene rings is 1. The average Bonchev–Trinajstić information content (AvgIpc) is 3.41. The molecule has 3 heterocycles. The molecule has 7 nitrogen and oxygen atoms in total. The summed E-state index contributed by atoms with van der Waals surface area (Å²) < 4.78 is 20.5. The molecule has 4 rings (SSSR count). The molecule has 0 amide bonds. The van der Waals surface area contributed by atoms with E-state index in [1.807, 2.05) is 24.0 Å². The zero-order valence-electron chi connectivity index (χ0n) is 17.1. The van der Waals surface area contributed by atoms with Crippen molar-refractivity contribution in [2.75, 3.05) is 20.1 Å². The number of likely N-dealkylation sites (tertiary alicyclic amines) is 1. The van der Waals surface area contributed by atoms with E-state index < -0.39 is 0 Å². The minimum atomic E-state index is -0.296. The topological polar surface area (TPSA) is 67.6 Å². The first kappa shape index (κ1) is 19.9. The van der Waals surface area contributed by atoms with Crippen molar-refractivity contribution in [3.8, 4) is 11.6 Å². The molecule has 0 radical (unpaired) electrons. The van der Waals surface area contributed by atoms with Crippen molar-refractivity contribution in [1.82, 2.24) is 25.0 Å². The maximum Gasteiger partial charge on any atom is 0.219 e. The van der Waals surface area contributed by atoms with E-state index in [1.165, 1.54) is 17.7 Å². The first-order chi connectivity index (χ1) is 14.6. The van der Waals surface area contributed by atoms with Gasteiger partial charge in [-0.2, -0.15) is 5.10 Å². The highest BCUT2D eigenvalue weighted by molar-refractivity contribution is 5.80.